The predicted octanol–water partition coefficient (Wildman–Crippen LogP) is 6.95. The molecule has 0 bridgehead atoms. The zero-order chi connectivity index (χ0) is 21.1. The lowest BCUT2D eigenvalue weighted by Crippen LogP contribution is -2.13. The molecule has 0 aliphatic carbocycles. The number of carbonyl (C=O) groups is 1. The summed E-state index contributed by atoms with van der Waals surface area (Å²) in [7, 11) is 0. The minimum atomic E-state index is -0.358. The van der Waals surface area contributed by atoms with Crippen LogP contribution in [0.3, 0.4) is 0 Å². The quantitative estimate of drug-likeness (QED) is 0.354. The lowest BCUT2D eigenvalue weighted by molar-refractivity contribution is 0.102. The van der Waals surface area contributed by atoms with E-state index in [0.29, 0.717) is 32.8 Å². The Morgan fingerprint density at radius 2 is 1.43 bits per heavy atom. The van der Waals surface area contributed by atoms with Crippen molar-refractivity contribution in [1.29, 1.82) is 0 Å². The van der Waals surface area contributed by atoms with Crippen LogP contribution >= 0.6 is 23.2 Å². The molecule has 0 fully saturated rings. The van der Waals surface area contributed by atoms with Gasteiger partial charge in [-0.3, -0.25) is 4.79 Å². The number of benzene rings is 3. The highest BCUT2D eigenvalue weighted by Crippen LogP contribution is 2.37. The van der Waals surface area contributed by atoms with Crippen LogP contribution in [0.15, 0.2) is 77.3 Å². The standard InChI is InChI=1S/C23H17Cl2N3O2/c1-14-20(22(28-30-14)21-18(24)8-5-9-19(21)25)23(29)27-17-12-10-16(11-13-17)26-15-6-3-2-4-7-15/h2-13,26H,1H3,(H,27,29). The van der Waals surface area contributed by atoms with E-state index < -0.39 is 0 Å². The number of nitrogens with zero attached hydrogens (tertiary/aromatic N) is 1. The molecule has 150 valence electrons. The van der Waals surface area contributed by atoms with Gasteiger partial charge >= 0.3 is 0 Å². The maximum absolute atomic E-state index is 13.0. The maximum atomic E-state index is 13.0. The summed E-state index contributed by atoms with van der Waals surface area (Å²) in [6.07, 6.45) is 0. The van der Waals surface area contributed by atoms with Gasteiger partial charge in [0.15, 0.2) is 0 Å². The zero-order valence-electron chi connectivity index (χ0n) is 15.9. The summed E-state index contributed by atoms with van der Waals surface area (Å²) >= 11 is 12.6. The second-order valence-corrected chi connectivity index (χ2v) is 7.40. The molecular formula is C23H17Cl2N3O2. The molecule has 7 heteroatoms. The van der Waals surface area contributed by atoms with Crippen molar-refractivity contribution in [3.8, 4) is 11.3 Å². The third-order valence-electron chi connectivity index (χ3n) is 4.49. The molecular weight excluding hydrogens is 421 g/mol. The molecule has 0 aliphatic heterocycles. The van der Waals surface area contributed by atoms with Crippen LogP contribution < -0.4 is 10.6 Å². The maximum Gasteiger partial charge on any atom is 0.261 e. The molecule has 0 spiro atoms. The van der Waals surface area contributed by atoms with E-state index in [1.54, 1.807) is 25.1 Å². The summed E-state index contributed by atoms with van der Waals surface area (Å²) < 4.78 is 5.27. The molecule has 0 atom stereocenters. The number of anilines is 3. The van der Waals surface area contributed by atoms with Crippen molar-refractivity contribution in [3.63, 3.8) is 0 Å². The molecule has 0 saturated carbocycles. The largest absolute Gasteiger partial charge is 0.360 e. The summed E-state index contributed by atoms with van der Waals surface area (Å²) in [5.41, 5.74) is 3.58. The number of para-hydroxylation sites is 1. The van der Waals surface area contributed by atoms with Gasteiger partial charge in [0, 0.05) is 22.6 Å². The summed E-state index contributed by atoms with van der Waals surface area (Å²) in [6, 6.07) is 22.3. The van der Waals surface area contributed by atoms with Gasteiger partial charge in [0.2, 0.25) is 0 Å². The number of rotatable bonds is 5. The van der Waals surface area contributed by atoms with E-state index in [-0.39, 0.29) is 11.5 Å². The first-order chi connectivity index (χ1) is 14.5. The van der Waals surface area contributed by atoms with Gasteiger partial charge < -0.3 is 15.2 Å². The van der Waals surface area contributed by atoms with E-state index >= 15 is 0 Å². The van der Waals surface area contributed by atoms with Crippen LogP contribution in [0.1, 0.15) is 16.1 Å². The highest BCUT2D eigenvalue weighted by atomic mass is 35.5. The van der Waals surface area contributed by atoms with E-state index in [1.165, 1.54) is 0 Å². The average Bonchev–Trinajstić information content (AvgIpc) is 3.11. The zero-order valence-corrected chi connectivity index (χ0v) is 17.5. The molecule has 0 unspecified atom stereocenters. The number of aryl methyl sites for hydroxylation is 1. The molecule has 4 rings (SSSR count). The molecule has 3 aromatic carbocycles. The summed E-state index contributed by atoms with van der Waals surface area (Å²) in [5, 5.41) is 11.0. The van der Waals surface area contributed by atoms with Crippen molar-refractivity contribution in [2.24, 2.45) is 0 Å². The first-order valence-electron chi connectivity index (χ1n) is 9.17. The number of carbonyl (C=O) groups excluding carboxylic acids is 1. The monoisotopic (exact) mass is 437 g/mol. The molecule has 0 aliphatic rings. The normalized spacial score (nSPS) is 10.6. The minimum absolute atomic E-state index is 0.288. The lowest BCUT2D eigenvalue weighted by Gasteiger charge is -2.10. The summed E-state index contributed by atoms with van der Waals surface area (Å²) in [4.78, 5) is 13.0. The van der Waals surface area contributed by atoms with Crippen LogP contribution in [-0.2, 0) is 0 Å². The van der Waals surface area contributed by atoms with Crippen molar-refractivity contribution in [1.82, 2.24) is 5.16 Å². The van der Waals surface area contributed by atoms with Crippen molar-refractivity contribution in [3.05, 3.63) is 94.2 Å². The van der Waals surface area contributed by atoms with Gasteiger partial charge in [-0.05, 0) is 55.5 Å². The van der Waals surface area contributed by atoms with Crippen molar-refractivity contribution in [2.75, 3.05) is 10.6 Å². The summed E-state index contributed by atoms with van der Waals surface area (Å²) in [6.45, 7) is 1.67. The van der Waals surface area contributed by atoms with Gasteiger partial charge in [0.05, 0.1) is 10.0 Å². The number of aromatic nitrogens is 1. The van der Waals surface area contributed by atoms with Gasteiger partial charge in [0.25, 0.3) is 5.91 Å². The Labute approximate surface area is 183 Å². The SMILES string of the molecule is Cc1onc(-c2c(Cl)cccc2Cl)c1C(=O)Nc1ccc(Nc2ccccc2)cc1. The number of amides is 1. The highest BCUT2D eigenvalue weighted by molar-refractivity contribution is 6.39. The average molecular weight is 438 g/mol. The van der Waals surface area contributed by atoms with Crippen LogP contribution in [0.5, 0.6) is 0 Å². The van der Waals surface area contributed by atoms with Crippen LogP contribution in [-0.4, -0.2) is 11.1 Å². The van der Waals surface area contributed by atoms with E-state index in [4.69, 9.17) is 27.7 Å². The Balaban J connectivity index is 1.56. The molecule has 1 aromatic heterocycles. The van der Waals surface area contributed by atoms with Gasteiger partial charge in [0.1, 0.15) is 17.0 Å². The molecule has 1 amide bonds. The van der Waals surface area contributed by atoms with E-state index in [0.717, 1.165) is 11.4 Å². The number of hydrogen-bond acceptors (Lipinski definition) is 4. The Morgan fingerprint density at radius 1 is 0.833 bits per heavy atom. The molecule has 2 N–H and O–H groups in total. The van der Waals surface area contributed by atoms with Crippen LogP contribution in [0.2, 0.25) is 10.0 Å². The van der Waals surface area contributed by atoms with Crippen LogP contribution in [0.4, 0.5) is 17.1 Å². The predicted molar refractivity (Wildman–Crippen MR) is 121 cm³/mol. The molecule has 0 radical (unpaired) electrons. The first kappa shape index (κ1) is 20.0. The van der Waals surface area contributed by atoms with E-state index in [2.05, 4.69) is 15.8 Å². The van der Waals surface area contributed by atoms with Gasteiger partial charge in [-0.2, -0.15) is 0 Å². The highest BCUT2D eigenvalue weighted by Gasteiger charge is 2.24. The Bertz CT molecular complexity index is 1170. The van der Waals surface area contributed by atoms with E-state index in [1.807, 2.05) is 54.6 Å². The van der Waals surface area contributed by atoms with Gasteiger partial charge in [-0.25, -0.2) is 0 Å². The number of hydrogen-bond donors (Lipinski definition) is 2. The molecule has 30 heavy (non-hydrogen) atoms. The van der Waals surface area contributed by atoms with Crippen LogP contribution in [0.25, 0.3) is 11.3 Å². The molecule has 0 saturated heterocycles. The Morgan fingerprint density at radius 3 is 2.10 bits per heavy atom. The molecule has 1 heterocycles. The second kappa shape index (κ2) is 8.61. The van der Waals surface area contributed by atoms with Crippen molar-refractivity contribution < 1.29 is 9.32 Å². The fourth-order valence-electron chi connectivity index (χ4n) is 3.05. The van der Waals surface area contributed by atoms with Crippen molar-refractivity contribution >= 4 is 46.2 Å². The molecule has 5 nitrogen and oxygen atoms in total. The minimum Gasteiger partial charge on any atom is -0.360 e. The number of nitrogens with one attached hydrogen (secondary N) is 2. The van der Waals surface area contributed by atoms with Crippen LogP contribution in [0, 0.1) is 6.92 Å². The fraction of sp³-hybridized carbons (Fsp3) is 0.0435. The van der Waals surface area contributed by atoms with Gasteiger partial charge in [-0.15, -0.1) is 0 Å². The topological polar surface area (TPSA) is 67.2 Å². The Kier molecular flexibility index (Phi) is 5.74. The lowest BCUT2D eigenvalue weighted by atomic mass is 10.1. The molecule has 4 aromatic rings. The smallest absolute Gasteiger partial charge is 0.261 e. The third-order valence-corrected chi connectivity index (χ3v) is 5.12. The van der Waals surface area contributed by atoms with Crippen molar-refractivity contribution in [2.45, 2.75) is 6.92 Å². The first-order valence-corrected chi connectivity index (χ1v) is 9.92. The fourth-order valence-corrected chi connectivity index (χ4v) is 3.63. The summed E-state index contributed by atoms with van der Waals surface area (Å²) in [5.74, 6) is 0.0179. The Hall–Kier alpha value is -3.28. The number of halogens is 2. The van der Waals surface area contributed by atoms with E-state index in [9.17, 15) is 4.79 Å². The van der Waals surface area contributed by atoms with Gasteiger partial charge in [-0.1, -0.05) is 52.6 Å². The third kappa shape index (κ3) is 4.17. The second-order valence-electron chi connectivity index (χ2n) is 6.58.